The third-order valence-electron chi connectivity index (χ3n) is 1.70. The molecule has 8 heteroatoms. The molecule has 0 fully saturated rings. The molecule has 1 aromatic rings. The van der Waals surface area contributed by atoms with Gasteiger partial charge in [-0.2, -0.15) is 8.42 Å². The van der Waals surface area contributed by atoms with Crippen molar-refractivity contribution in [2.45, 2.75) is 10.6 Å². The van der Waals surface area contributed by atoms with Gasteiger partial charge in [0.15, 0.2) is 9.84 Å². The minimum absolute atomic E-state index is 0. The molecule has 86 valence electrons. The van der Waals surface area contributed by atoms with E-state index in [0.717, 1.165) is 6.26 Å². The Hall–Kier alpha value is 0.0800. The van der Waals surface area contributed by atoms with Crippen molar-refractivity contribution >= 4 is 20.0 Å². The quantitative estimate of drug-likeness (QED) is 0.490. The molecule has 0 atom stereocenters. The van der Waals surface area contributed by atoms with Crippen LogP contribution in [0.25, 0.3) is 0 Å². The Kier molecular flexibility index (Phi) is 5.64. The predicted octanol–water partition coefficient (Wildman–Crippen LogP) is -2.41. The Bertz CT molecular complexity index is 550. The summed E-state index contributed by atoms with van der Waals surface area (Å²) in [4.78, 5) is 0.113. The number of benzene rings is 1. The van der Waals surface area contributed by atoms with E-state index in [-0.39, 0.29) is 35.9 Å². The van der Waals surface area contributed by atoms with Gasteiger partial charge in [0.25, 0.3) is 10.1 Å². The molecular weight excluding hydrogens is 263 g/mol. The van der Waals surface area contributed by atoms with Crippen LogP contribution in [0.15, 0.2) is 29.2 Å². The smallest absolute Gasteiger partial charge is 1.00 e. The second-order valence-electron chi connectivity index (χ2n) is 3.14. The molecule has 0 aliphatic carbocycles. The SMILES string of the molecule is CS(=O)(=O)c1ccc(CS(=O)(=O)O)cc1.[H-].[Na+]. The maximum atomic E-state index is 11.1. The molecule has 0 bridgehead atoms. The molecule has 5 nitrogen and oxygen atoms in total. The standard InChI is InChI=1S/C8H10O5S2.Na.H/c1-14(9,10)8-4-2-7(3-5-8)6-15(11,12)13;;/h2-5H,6H2,1H3,(H,11,12,13);;/q;+1;-1. The maximum absolute atomic E-state index is 11.1. The number of sulfone groups is 1. The fourth-order valence-corrected chi connectivity index (χ4v) is 2.29. The topological polar surface area (TPSA) is 88.5 Å². The number of hydrogen-bond donors (Lipinski definition) is 1. The third-order valence-corrected chi connectivity index (χ3v) is 3.53. The van der Waals surface area contributed by atoms with E-state index >= 15 is 0 Å². The molecule has 0 spiro atoms. The van der Waals surface area contributed by atoms with Crippen LogP contribution < -0.4 is 29.6 Å². The summed E-state index contributed by atoms with van der Waals surface area (Å²) in [5.74, 6) is -0.517. The second-order valence-corrected chi connectivity index (χ2v) is 6.61. The van der Waals surface area contributed by atoms with Gasteiger partial charge in [-0.15, -0.1) is 0 Å². The van der Waals surface area contributed by atoms with Crippen LogP contribution in [0, 0.1) is 0 Å². The summed E-state index contributed by atoms with van der Waals surface area (Å²) in [6.07, 6.45) is 1.06. The predicted molar refractivity (Wildman–Crippen MR) is 55.9 cm³/mol. The third kappa shape index (κ3) is 5.42. The van der Waals surface area contributed by atoms with Gasteiger partial charge in [-0.05, 0) is 17.7 Å². The fourth-order valence-electron chi connectivity index (χ4n) is 1.04. The van der Waals surface area contributed by atoms with Gasteiger partial charge in [-0.25, -0.2) is 8.42 Å². The van der Waals surface area contributed by atoms with E-state index in [1.165, 1.54) is 24.3 Å². The molecule has 0 radical (unpaired) electrons. The first-order valence-electron chi connectivity index (χ1n) is 3.93. The van der Waals surface area contributed by atoms with E-state index in [2.05, 4.69) is 0 Å². The van der Waals surface area contributed by atoms with Crippen LogP contribution in [-0.4, -0.2) is 27.6 Å². The summed E-state index contributed by atoms with van der Waals surface area (Å²) in [5, 5.41) is 0. The molecule has 0 aliphatic heterocycles. The van der Waals surface area contributed by atoms with Gasteiger partial charge < -0.3 is 1.43 Å². The van der Waals surface area contributed by atoms with Gasteiger partial charge in [-0.3, -0.25) is 4.55 Å². The van der Waals surface area contributed by atoms with Crippen molar-refractivity contribution in [2.24, 2.45) is 0 Å². The first kappa shape index (κ1) is 16.1. The zero-order chi connectivity index (χ0) is 11.7. The zero-order valence-corrected chi connectivity index (χ0v) is 12.5. The van der Waals surface area contributed by atoms with Crippen LogP contribution >= 0.6 is 0 Å². The van der Waals surface area contributed by atoms with Crippen LogP contribution in [0.3, 0.4) is 0 Å². The average molecular weight is 274 g/mol. The summed E-state index contributed by atoms with van der Waals surface area (Å²) >= 11 is 0. The Balaban J connectivity index is 0. The van der Waals surface area contributed by atoms with E-state index in [1.54, 1.807) is 0 Å². The molecule has 1 aromatic carbocycles. The van der Waals surface area contributed by atoms with Gasteiger partial charge in [0.2, 0.25) is 0 Å². The molecule has 0 aromatic heterocycles. The fraction of sp³-hybridized carbons (Fsp3) is 0.250. The molecule has 0 heterocycles. The molecule has 0 saturated carbocycles. The molecule has 16 heavy (non-hydrogen) atoms. The summed E-state index contributed by atoms with van der Waals surface area (Å²) in [5.41, 5.74) is 0.338. The molecule has 0 aliphatic rings. The number of hydrogen-bond acceptors (Lipinski definition) is 4. The van der Waals surface area contributed by atoms with E-state index in [9.17, 15) is 16.8 Å². The van der Waals surface area contributed by atoms with Crippen molar-refractivity contribution in [3.05, 3.63) is 29.8 Å². The van der Waals surface area contributed by atoms with Crippen LogP contribution in [0.5, 0.6) is 0 Å². The second kappa shape index (κ2) is 5.61. The maximum Gasteiger partial charge on any atom is 1.00 e. The Morgan fingerprint density at radius 3 is 1.88 bits per heavy atom. The summed E-state index contributed by atoms with van der Waals surface area (Å²) in [6, 6.07) is 5.31. The van der Waals surface area contributed by atoms with E-state index in [1.807, 2.05) is 0 Å². The molecule has 1 rings (SSSR count). The Morgan fingerprint density at radius 1 is 1.12 bits per heavy atom. The van der Waals surface area contributed by atoms with E-state index in [4.69, 9.17) is 4.55 Å². The number of rotatable bonds is 3. The molecule has 1 N–H and O–H groups in total. The van der Waals surface area contributed by atoms with Crippen molar-refractivity contribution in [1.82, 2.24) is 0 Å². The largest absolute Gasteiger partial charge is 1.00 e. The average Bonchev–Trinajstić information content (AvgIpc) is 2.00. The first-order valence-corrected chi connectivity index (χ1v) is 7.43. The van der Waals surface area contributed by atoms with Gasteiger partial charge in [0.1, 0.15) is 5.75 Å². The van der Waals surface area contributed by atoms with Crippen LogP contribution in [0.4, 0.5) is 0 Å². The van der Waals surface area contributed by atoms with Gasteiger partial charge >= 0.3 is 29.6 Å². The van der Waals surface area contributed by atoms with Crippen molar-refractivity contribution in [2.75, 3.05) is 6.26 Å². The molecule has 0 saturated heterocycles. The summed E-state index contributed by atoms with van der Waals surface area (Å²) in [6.45, 7) is 0. The van der Waals surface area contributed by atoms with E-state index in [0.29, 0.717) is 5.56 Å². The molecule has 0 unspecified atom stereocenters. The van der Waals surface area contributed by atoms with Crippen LogP contribution in [0.2, 0.25) is 0 Å². The first-order chi connectivity index (χ1) is 6.68. The van der Waals surface area contributed by atoms with Crippen LogP contribution in [0.1, 0.15) is 6.99 Å². The Morgan fingerprint density at radius 2 is 1.56 bits per heavy atom. The van der Waals surface area contributed by atoms with Crippen molar-refractivity contribution in [1.29, 1.82) is 0 Å². The summed E-state index contributed by atoms with van der Waals surface area (Å²) in [7, 11) is -7.35. The monoisotopic (exact) mass is 274 g/mol. The normalized spacial score (nSPS) is 11.9. The van der Waals surface area contributed by atoms with E-state index < -0.39 is 25.7 Å². The minimum atomic E-state index is -4.07. The van der Waals surface area contributed by atoms with Gasteiger partial charge in [-0.1, -0.05) is 12.1 Å². The zero-order valence-electron chi connectivity index (χ0n) is 9.91. The minimum Gasteiger partial charge on any atom is -1.00 e. The molecule has 0 amide bonds. The van der Waals surface area contributed by atoms with Gasteiger partial charge in [0.05, 0.1) is 4.90 Å². The Labute approximate surface area is 118 Å². The van der Waals surface area contributed by atoms with Crippen molar-refractivity contribution < 1.29 is 52.4 Å². The summed E-state index contributed by atoms with van der Waals surface area (Å²) < 4.78 is 51.7. The van der Waals surface area contributed by atoms with Crippen LogP contribution in [-0.2, 0) is 25.7 Å². The molecular formula is C8H11NaO5S2. The van der Waals surface area contributed by atoms with Crippen molar-refractivity contribution in [3.8, 4) is 0 Å². The van der Waals surface area contributed by atoms with Gasteiger partial charge in [0, 0.05) is 6.26 Å². The van der Waals surface area contributed by atoms with Crippen molar-refractivity contribution in [3.63, 3.8) is 0 Å².